The fourth-order valence-corrected chi connectivity index (χ4v) is 5.34. The van der Waals surface area contributed by atoms with Crippen LogP contribution in [0.4, 0.5) is 0 Å². The molecule has 0 atom stereocenters. The first kappa shape index (κ1) is 32.4. The minimum absolute atomic E-state index is 0.118. The molecule has 0 fully saturated rings. The number of allylic oxidation sites excluding steroid dienone is 7. The van der Waals surface area contributed by atoms with E-state index in [9.17, 15) is 9.90 Å². The Labute approximate surface area is 250 Å². The average molecular weight is 552 g/mol. The summed E-state index contributed by atoms with van der Waals surface area (Å²) in [7, 11) is 0. The zero-order valence-electron chi connectivity index (χ0n) is 28.0. The topological polar surface area (TPSA) is 37.0 Å². The van der Waals surface area contributed by atoms with E-state index in [1.165, 1.54) is 11.1 Å². The van der Waals surface area contributed by atoms with Gasteiger partial charge in [0.15, 0.2) is 11.5 Å². The summed E-state index contributed by atoms with van der Waals surface area (Å²) in [5.74, 6) is 0.237. The first-order chi connectivity index (χ1) is 18.6. The number of hydrogen-bond acceptors (Lipinski definition) is 1. The van der Waals surface area contributed by atoms with Crippen LogP contribution < -0.4 is 0 Å². The van der Waals surface area contributed by atoms with Gasteiger partial charge in [-0.2, -0.15) is 0 Å². The molecule has 2 heteroatoms. The maximum absolute atomic E-state index is 13.8. The van der Waals surface area contributed by atoms with E-state index in [1.54, 1.807) is 0 Å². The summed E-state index contributed by atoms with van der Waals surface area (Å²) in [6.07, 6.45) is 6.31. The highest BCUT2D eigenvalue weighted by Gasteiger charge is 2.35. The van der Waals surface area contributed by atoms with Crippen LogP contribution in [0.25, 0.3) is 11.1 Å². The summed E-state index contributed by atoms with van der Waals surface area (Å²) < 4.78 is 0. The second-order valence-electron chi connectivity index (χ2n) is 15.7. The zero-order chi connectivity index (χ0) is 31.3. The molecular weight excluding hydrogens is 500 g/mol. The van der Waals surface area contributed by atoms with Crippen molar-refractivity contribution in [3.8, 4) is 5.75 Å². The molecule has 2 aromatic rings. The largest absolute Gasteiger partial charge is 0.289 e. The van der Waals surface area contributed by atoms with Crippen LogP contribution in [0.5, 0.6) is 5.75 Å². The summed E-state index contributed by atoms with van der Waals surface area (Å²) >= 11 is 0. The Kier molecular flexibility index (Phi) is 8.64. The van der Waals surface area contributed by atoms with Gasteiger partial charge in [-0.05, 0) is 93.2 Å². The monoisotopic (exact) mass is 551 g/mol. The SMILES string of the molecule is C/C=C(/C)c1ccc(C(=C2C=C(C(C)(C)C)C(=O)C(C(C)(C)C)=C2)c2cc(C(C)(C)C)c([O])c(C(C)(C)C)c2)cc1. The fraction of sp³-hybridized carbons (Fsp3) is 0.462. The highest BCUT2D eigenvalue weighted by atomic mass is 16.3. The molecule has 0 bridgehead atoms. The Morgan fingerprint density at radius 1 is 0.610 bits per heavy atom. The number of Topliss-reactive ketones (excluding diaryl/α,β-unsaturated/α-hetero) is 1. The second-order valence-corrected chi connectivity index (χ2v) is 15.7. The predicted octanol–water partition coefficient (Wildman–Crippen LogP) is 11.2. The van der Waals surface area contributed by atoms with Gasteiger partial charge in [0.2, 0.25) is 0 Å². The Morgan fingerprint density at radius 2 is 1.00 bits per heavy atom. The van der Waals surface area contributed by atoms with Gasteiger partial charge in [-0.1, -0.05) is 113 Å². The van der Waals surface area contributed by atoms with Gasteiger partial charge >= 0.3 is 0 Å². The van der Waals surface area contributed by atoms with E-state index in [1.807, 2.05) is 0 Å². The molecule has 219 valence electrons. The number of carbonyl (C=O) groups excluding carboxylic acids is 1. The minimum Gasteiger partial charge on any atom is -0.289 e. The molecule has 1 aliphatic rings. The third kappa shape index (κ3) is 6.85. The molecule has 0 aromatic heterocycles. The van der Waals surface area contributed by atoms with E-state index < -0.39 is 0 Å². The molecule has 3 rings (SSSR count). The van der Waals surface area contributed by atoms with Crippen LogP contribution in [0.3, 0.4) is 0 Å². The van der Waals surface area contributed by atoms with E-state index in [0.29, 0.717) is 0 Å². The lowest BCUT2D eigenvalue weighted by atomic mass is 9.70. The van der Waals surface area contributed by atoms with Gasteiger partial charge in [0.25, 0.3) is 0 Å². The van der Waals surface area contributed by atoms with Gasteiger partial charge in [-0.3, -0.25) is 9.90 Å². The van der Waals surface area contributed by atoms with Crippen molar-refractivity contribution in [3.63, 3.8) is 0 Å². The van der Waals surface area contributed by atoms with E-state index >= 15 is 0 Å². The van der Waals surface area contributed by atoms with Crippen molar-refractivity contribution in [2.45, 2.75) is 108 Å². The summed E-state index contributed by atoms with van der Waals surface area (Å²) in [5.41, 5.74) is 8.48. The molecule has 1 radical (unpaired) electrons. The van der Waals surface area contributed by atoms with Gasteiger partial charge in [0, 0.05) is 22.3 Å². The number of hydrogen-bond donors (Lipinski definition) is 0. The van der Waals surface area contributed by atoms with Crippen molar-refractivity contribution >= 4 is 16.9 Å². The molecule has 0 unspecified atom stereocenters. The van der Waals surface area contributed by atoms with Crippen molar-refractivity contribution in [1.82, 2.24) is 0 Å². The Bertz CT molecular complexity index is 1390. The van der Waals surface area contributed by atoms with Gasteiger partial charge in [0.1, 0.15) is 0 Å². The highest BCUT2D eigenvalue weighted by molar-refractivity contribution is 6.12. The van der Waals surface area contributed by atoms with E-state index in [4.69, 9.17) is 0 Å². The summed E-state index contributed by atoms with van der Waals surface area (Å²) in [5, 5.41) is 13.8. The number of rotatable bonds is 3. The molecule has 0 spiro atoms. The molecule has 41 heavy (non-hydrogen) atoms. The number of ketones is 1. The van der Waals surface area contributed by atoms with Gasteiger partial charge in [-0.15, -0.1) is 0 Å². The van der Waals surface area contributed by atoms with Crippen LogP contribution in [0.1, 0.15) is 125 Å². The van der Waals surface area contributed by atoms with Crippen molar-refractivity contribution < 1.29 is 9.90 Å². The maximum atomic E-state index is 13.8. The van der Waals surface area contributed by atoms with Crippen molar-refractivity contribution in [2.75, 3.05) is 0 Å². The Hall–Kier alpha value is -3.13. The minimum atomic E-state index is -0.322. The average Bonchev–Trinajstić information content (AvgIpc) is 2.82. The lowest BCUT2D eigenvalue weighted by molar-refractivity contribution is -0.114. The van der Waals surface area contributed by atoms with Crippen LogP contribution in [-0.4, -0.2) is 5.78 Å². The first-order valence-electron chi connectivity index (χ1n) is 14.9. The molecular formula is C39H51O2. The molecule has 0 saturated heterocycles. The van der Waals surface area contributed by atoms with Gasteiger partial charge in [0.05, 0.1) is 0 Å². The van der Waals surface area contributed by atoms with E-state index in [-0.39, 0.29) is 33.2 Å². The fourth-order valence-electron chi connectivity index (χ4n) is 5.34. The van der Waals surface area contributed by atoms with Crippen molar-refractivity contribution in [1.29, 1.82) is 0 Å². The molecule has 0 heterocycles. The van der Waals surface area contributed by atoms with Gasteiger partial charge < -0.3 is 0 Å². The standard InChI is InChI=1S/C39H51O2/c1-15-24(2)25-16-18-26(19-17-25)33(27-20-29(36(3,4)5)34(40)30(21-27)37(6,7)8)28-22-31(38(9,10)11)35(41)32(23-28)39(12,13)14/h15-23H,1-14H3/b24-15-. The summed E-state index contributed by atoms with van der Waals surface area (Å²) in [6, 6.07) is 12.9. The molecule has 0 amide bonds. The normalized spacial score (nSPS) is 15.6. The lowest BCUT2D eigenvalue weighted by Gasteiger charge is -2.32. The summed E-state index contributed by atoms with van der Waals surface area (Å²) in [4.78, 5) is 13.8. The second kappa shape index (κ2) is 10.9. The first-order valence-corrected chi connectivity index (χ1v) is 14.9. The molecule has 2 nitrogen and oxygen atoms in total. The third-order valence-corrected chi connectivity index (χ3v) is 8.05. The number of benzene rings is 2. The van der Waals surface area contributed by atoms with Crippen LogP contribution in [0, 0.1) is 10.8 Å². The van der Waals surface area contributed by atoms with E-state index in [2.05, 4.69) is 152 Å². The van der Waals surface area contributed by atoms with Gasteiger partial charge in [-0.25, -0.2) is 0 Å². The van der Waals surface area contributed by atoms with Crippen molar-refractivity contribution in [2.24, 2.45) is 10.8 Å². The molecule has 0 saturated carbocycles. The maximum Gasteiger partial charge on any atom is 0.186 e. The molecule has 1 aliphatic carbocycles. The highest BCUT2D eigenvalue weighted by Crippen LogP contribution is 2.45. The molecule has 2 aromatic carbocycles. The van der Waals surface area contributed by atoms with Crippen LogP contribution in [0.2, 0.25) is 0 Å². The Balaban J connectivity index is 2.58. The van der Waals surface area contributed by atoms with Crippen LogP contribution in [-0.2, 0) is 20.7 Å². The summed E-state index contributed by atoms with van der Waals surface area (Å²) in [6.45, 7) is 29.5. The molecule has 0 N–H and O–H groups in total. The Morgan fingerprint density at radius 3 is 1.34 bits per heavy atom. The van der Waals surface area contributed by atoms with Crippen molar-refractivity contribution in [3.05, 3.63) is 99.2 Å². The molecule has 0 aliphatic heterocycles. The number of carbonyl (C=O) groups is 1. The van der Waals surface area contributed by atoms with E-state index in [0.717, 1.165) is 44.5 Å². The third-order valence-electron chi connectivity index (χ3n) is 8.05. The predicted molar refractivity (Wildman–Crippen MR) is 176 cm³/mol. The quantitative estimate of drug-likeness (QED) is 0.374. The smallest absolute Gasteiger partial charge is 0.186 e. The van der Waals surface area contributed by atoms with Crippen LogP contribution >= 0.6 is 0 Å². The zero-order valence-corrected chi connectivity index (χ0v) is 28.0. The van der Waals surface area contributed by atoms with Crippen LogP contribution in [0.15, 0.2) is 71.3 Å². The lowest BCUT2D eigenvalue weighted by Crippen LogP contribution is -2.28.